The molecule has 2 N–H and O–H groups in total. The zero-order chi connectivity index (χ0) is 12.3. The van der Waals surface area contributed by atoms with E-state index in [9.17, 15) is 4.79 Å². The lowest BCUT2D eigenvalue weighted by molar-refractivity contribution is 0.0872. The molecule has 8 heteroatoms. The van der Waals surface area contributed by atoms with Crippen LogP contribution in [0.25, 0.3) is 0 Å². The Kier molecular flexibility index (Phi) is 3.64. The molecule has 0 aromatic carbocycles. The Morgan fingerprint density at radius 2 is 2.35 bits per heavy atom. The Hall–Kier alpha value is -1.54. The predicted molar refractivity (Wildman–Crippen MR) is 60.4 cm³/mol. The molecule has 1 aliphatic rings. The van der Waals surface area contributed by atoms with Gasteiger partial charge in [-0.2, -0.15) is 5.21 Å². The first-order valence-corrected chi connectivity index (χ1v) is 5.57. The maximum atomic E-state index is 11.6. The van der Waals surface area contributed by atoms with Gasteiger partial charge in [-0.15, -0.1) is 10.2 Å². The molecule has 17 heavy (non-hydrogen) atoms. The van der Waals surface area contributed by atoms with E-state index in [1.54, 1.807) is 0 Å². The first-order chi connectivity index (χ1) is 8.16. The summed E-state index contributed by atoms with van der Waals surface area (Å²) < 4.78 is 0. The molecular weight excluding hydrogens is 222 g/mol. The summed E-state index contributed by atoms with van der Waals surface area (Å²) in [7, 11) is 4.15. The van der Waals surface area contributed by atoms with Crippen LogP contribution in [-0.4, -0.2) is 82.6 Å². The highest BCUT2D eigenvalue weighted by Crippen LogP contribution is 2.04. The van der Waals surface area contributed by atoms with Crippen LogP contribution < -0.4 is 5.32 Å². The molecule has 1 amide bonds. The third-order valence-corrected chi connectivity index (χ3v) is 3.03. The number of hydrogen-bond donors (Lipinski definition) is 2. The average molecular weight is 239 g/mol. The molecule has 1 aromatic heterocycles. The van der Waals surface area contributed by atoms with Gasteiger partial charge in [0.2, 0.25) is 0 Å². The lowest BCUT2D eigenvalue weighted by atomic mass is 10.2. The van der Waals surface area contributed by atoms with Crippen LogP contribution in [0, 0.1) is 0 Å². The van der Waals surface area contributed by atoms with Crippen molar-refractivity contribution in [1.29, 1.82) is 0 Å². The monoisotopic (exact) mass is 239 g/mol. The lowest BCUT2D eigenvalue weighted by Gasteiger charge is -2.37. The van der Waals surface area contributed by atoms with Crippen LogP contribution in [0.3, 0.4) is 0 Å². The standard InChI is InChI=1S/C9H17N7O/c1-15-3-4-16(2)7(6-15)5-10-9(17)8-11-13-14-12-8/h7H,3-6H2,1-2H3,(H,10,17)(H,11,12,13,14). The van der Waals surface area contributed by atoms with E-state index in [1.165, 1.54) is 0 Å². The summed E-state index contributed by atoms with van der Waals surface area (Å²) in [6.45, 7) is 3.61. The van der Waals surface area contributed by atoms with Crippen LogP contribution in [0.1, 0.15) is 10.6 Å². The normalized spacial score (nSPS) is 22.6. The molecule has 0 bridgehead atoms. The van der Waals surface area contributed by atoms with Crippen molar-refractivity contribution in [2.75, 3.05) is 40.3 Å². The number of amides is 1. The fourth-order valence-electron chi connectivity index (χ4n) is 1.87. The van der Waals surface area contributed by atoms with Crippen molar-refractivity contribution in [2.24, 2.45) is 0 Å². The van der Waals surface area contributed by atoms with Gasteiger partial charge >= 0.3 is 0 Å². The number of hydrogen-bond acceptors (Lipinski definition) is 6. The van der Waals surface area contributed by atoms with Crippen LogP contribution in [0.4, 0.5) is 0 Å². The second-order valence-corrected chi connectivity index (χ2v) is 4.34. The largest absolute Gasteiger partial charge is 0.348 e. The van der Waals surface area contributed by atoms with Crippen LogP contribution in [0.2, 0.25) is 0 Å². The summed E-state index contributed by atoms with van der Waals surface area (Å²) in [5.41, 5.74) is 0. The van der Waals surface area contributed by atoms with Gasteiger partial charge in [-0.3, -0.25) is 9.69 Å². The van der Waals surface area contributed by atoms with Gasteiger partial charge in [0.05, 0.1) is 0 Å². The number of H-pyrrole nitrogens is 1. The number of aromatic nitrogens is 4. The molecule has 1 fully saturated rings. The minimum atomic E-state index is -0.291. The molecule has 0 radical (unpaired) electrons. The van der Waals surface area contributed by atoms with Crippen molar-refractivity contribution >= 4 is 5.91 Å². The second kappa shape index (κ2) is 5.19. The highest BCUT2D eigenvalue weighted by molar-refractivity contribution is 5.90. The topological polar surface area (TPSA) is 90.0 Å². The molecule has 1 atom stereocenters. The molecule has 94 valence electrons. The molecule has 0 aliphatic carbocycles. The molecule has 8 nitrogen and oxygen atoms in total. The number of aromatic amines is 1. The van der Waals surface area contributed by atoms with Crippen LogP contribution in [-0.2, 0) is 0 Å². The van der Waals surface area contributed by atoms with Crippen molar-refractivity contribution in [1.82, 2.24) is 35.7 Å². The summed E-state index contributed by atoms with van der Waals surface area (Å²) in [6.07, 6.45) is 0. The van der Waals surface area contributed by atoms with Crippen molar-refractivity contribution in [3.05, 3.63) is 5.82 Å². The van der Waals surface area contributed by atoms with Crippen LogP contribution >= 0.6 is 0 Å². The molecule has 1 aliphatic heterocycles. The third kappa shape index (κ3) is 2.98. The zero-order valence-corrected chi connectivity index (χ0v) is 10.1. The number of likely N-dealkylation sites (N-methyl/N-ethyl adjacent to an activating group) is 2. The van der Waals surface area contributed by atoms with E-state index in [4.69, 9.17) is 0 Å². The van der Waals surface area contributed by atoms with E-state index >= 15 is 0 Å². The number of tetrazole rings is 1. The predicted octanol–water partition coefficient (Wildman–Crippen LogP) is -1.82. The van der Waals surface area contributed by atoms with Crippen LogP contribution in [0.5, 0.6) is 0 Å². The fraction of sp³-hybridized carbons (Fsp3) is 0.778. The van der Waals surface area contributed by atoms with Gasteiger partial charge < -0.3 is 10.2 Å². The maximum Gasteiger partial charge on any atom is 0.292 e. The summed E-state index contributed by atoms with van der Waals surface area (Å²) in [4.78, 5) is 16.1. The summed E-state index contributed by atoms with van der Waals surface area (Å²) in [5, 5.41) is 15.7. The van der Waals surface area contributed by atoms with Gasteiger partial charge in [-0.05, 0) is 19.3 Å². The lowest BCUT2D eigenvalue weighted by Crippen LogP contribution is -2.54. The fourth-order valence-corrected chi connectivity index (χ4v) is 1.87. The maximum absolute atomic E-state index is 11.6. The van der Waals surface area contributed by atoms with Crippen molar-refractivity contribution in [2.45, 2.75) is 6.04 Å². The molecule has 1 aromatic rings. The van der Waals surface area contributed by atoms with E-state index in [-0.39, 0.29) is 11.7 Å². The van der Waals surface area contributed by atoms with Gasteiger partial charge in [-0.25, -0.2) is 0 Å². The number of nitrogens with one attached hydrogen (secondary N) is 2. The SMILES string of the molecule is CN1CCN(C)C(CNC(=O)c2nn[nH]n2)C1. The quantitative estimate of drug-likeness (QED) is 0.645. The van der Waals surface area contributed by atoms with E-state index in [1.807, 2.05) is 0 Å². The van der Waals surface area contributed by atoms with Gasteiger partial charge in [0.25, 0.3) is 11.7 Å². The number of nitrogens with zero attached hydrogens (tertiary/aromatic N) is 5. The van der Waals surface area contributed by atoms with Gasteiger partial charge in [-0.1, -0.05) is 0 Å². The van der Waals surface area contributed by atoms with E-state index in [0.717, 1.165) is 19.6 Å². The highest BCUT2D eigenvalue weighted by Gasteiger charge is 2.23. The Morgan fingerprint density at radius 1 is 1.53 bits per heavy atom. The Morgan fingerprint density at radius 3 is 3.06 bits per heavy atom. The molecular formula is C9H17N7O. The minimum Gasteiger partial charge on any atom is -0.348 e. The molecule has 1 unspecified atom stereocenters. The Balaban J connectivity index is 1.83. The van der Waals surface area contributed by atoms with Gasteiger partial charge in [0.15, 0.2) is 0 Å². The number of piperazine rings is 1. The summed E-state index contributed by atoms with van der Waals surface area (Å²) in [5.74, 6) is -0.211. The van der Waals surface area contributed by atoms with Crippen molar-refractivity contribution in [3.63, 3.8) is 0 Å². The minimum absolute atomic E-state index is 0.0804. The second-order valence-electron chi connectivity index (χ2n) is 4.34. The van der Waals surface area contributed by atoms with Gasteiger partial charge in [0.1, 0.15) is 0 Å². The van der Waals surface area contributed by atoms with Crippen molar-refractivity contribution in [3.8, 4) is 0 Å². The number of rotatable bonds is 3. The smallest absolute Gasteiger partial charge is 0.292 e. The van der Waals surface area contributed by atoms with E-state index < -0.39 is 0 Å². The van der Waals surface area contributed by atoms with E-state index in [2.05, 4.69) is 49.8 Å². The highest BCUT2D eigenvalue weighted by atomic mass is 16.2. The van der Waals surface area contributed by atoms with Gasteiger partial charge in [0, 0.05) is 32.2 Å². The molecule has 2 heterocycles. The van der Waals surface area contributed by atoms with Crippen LogP contribution in [0.15, 0.2) is 0 Å². The Bertz CT molecular complexity index is 365. The zero-order valence-electron chi connectivity index (χ0n) is 10.1. The molecule has 0 saturated carbocycles. The van der Waals surface area contributed by atoms with Crippen molar-refractivity contribution < 1.29 is 4.79 Å². The molecule has 1 saturated heterocycles. The summed E-state index contributed by atoms with van der Waals surface area (Å²) >= 11 is 0. The average Bonchev–Trinajstić information content (AvgIpc) is 2.83. The number of carbonyl (C=O) groups excluding carboxylic acids is 1. The Labute approximate surface area is 99.3 Å². The number of carbonyl (C=O) groups is 1. The molecule has 2 rings (SSSR count). The summed E-state index contributed by atoms with van der Waals surface area (Å²) in [6, 6.07) is 0.324. The first-order valence-electron chi connectivity index (χ1n) is 5.57. The first kappa shape index (κ1) is 11.9. The molecule has 0 spiro atoms. The third-order valence-electron chi connectivity index (χ3n) is 3.03. The van der Waals surface area contributed by atoms with E-state index in [0.29, 0.717) is 12.6 Å².